The van der Waals surface area contributed by atoms with Gasteiger partial charge in [-0.05, 0) is 42.2 Å². The molecule has 0 aliphatic carbocycles. The summed E-state index contributed by atoms with van der Waals surface area (Å²) >= 11 is 1.74. The molecule has 0 bridgehead atoms. The number of aryl methyl sites for hydroxylation is 1. The second kappa shape index (κ2) is 5.86. The summed E-state index contributed by atoms with van der Waals surface area (Å²) in [5.41, 5.74) is 4.93. The molecule has 21 heavy (non-hydrogen) atoms. The maximum Gasteiger partial charge on any atom is 0.0907 e. The van der Waals surface area contributed by atoms with E-state index in [-0.39, 0.29) is 0 Å². The summed E-state index contributed by atoms with van der Waals surface area (Å²) in [6.07, 6.45) is 0. The Bertz CT molecular complexity index is 742. The van der Waals surface area contributed by atoms with Gasteiger partial charge in [-0.15, -0.1) is 11.3 Å². The fourth-order valence-electron chi connectivity index (χ4n) is 2.37. The SMILES string of the molecule is Cc1nc2ccc(NCc3ccc(C(C)C)cc3)cc2s1. The fourth-order valence-corrected chi connectivity index (χ4v) is 3.24. The molecule has 0 spiro atoms. The van der Waals surface area contributed by atoms with Crippen LogP contribution in [-0.4, -0.2) is 4.98 Å². The van der Waals surface area contributed by atoms with Crippen LogP contribution in [0.4, 0.5) is 5.69 Å². The van der Waals surface area contributed by atoms with E-state index >= 15 is 0 Å². The molecule has 0 aliphatic rings. The Morgan fingerprint density at radius 1 is 1.10 bits per heavy atom. The van der Waals surface area contributed by atoms with Crippen LogP contribution in [0.3, 0.4) is 0 Å². The second-order valence-electron chi connectivity index (χ2n) is 5.67. The number of nitrogens with zero attached hydrogens (tertiary/aromatic N) is 1. The van der Waals surface area contributed by atoms with Gasteiger partial charge in [-0.1, -0.05) is 38.1 Å². The summed E-state index contributed by atoms with van der Waals surface area (Å²) in [6.45, 7) is 7.34. The van der Waals surface area contributed by atoms with Crippen molar-refractivity contribution in [2.75, 3.05) is 5.32 Å². The quantitative estimate of drug-likeness (QED) is 0.703. The molecule has 0 unspecified atom stereocenters. The van der Waals surface area contributed by atoms with Crippen LogP contribution in [0.2, 0.25) is 0 Å². The van der Waals surface area contributed by atoms with Crippen molar-refractivity contribution in [2.24, 2.45) is 0 Å². The van der Waals surface area contributed by atoms with Crippen molar-refractivity contribution in [1.29, 1.82) is 0 Å². The zero-order chi connectivity index (χ0) is 14.8. The van der Waals surface area contributed by atoms with Crippen molar-refractivity contribution < 1.29 is 0 Å². The molecule has 2 aromatic carbocycles. The van der Waals surface area contributed by atoms with E-state index in [1.165, 1.54) is 15.8 Å². The molecule has 0 saturated carbocycles. The van der Waals surface area contributed by atoms with E-state index in [9.17, 15) is 0 Å². The fraction of sp³-hybridized carbons (Fsp3) is 0.278. The lowest BCUT2D eigenvalue weighted by atomic mass is 10.0. The number of benzene rings is 2. The minimum atomic E-state index is 0.587. The molecule has 1 N–H and O–H groups in total. The van der Waals surface area contributed by atoms with Crippen LogP contribution in [0.25, 0.3) is 10.2 Å². The van der Waals surface area contributed by atoms with Crippen molar-refractivity contribution in [2.45, 2.75) is 33.2 Å². The van der Waals surface area contributed by atoms with E-state index in [1.807, 2.05) is 6.92 Å². The molecule has 1 aromatic heterocycles. The molecule has 1 heterocycles. The van der Waals surface area contributed by atoms with Gasteiger partial charge in [0.15, 0.2) is 0 Å². The molecule has 3 aromatic rings. The van der Waals surface area contributed by atoms with Crippen molar-refractivity contribution in [3.05, 3.63) is 58.6 Å². The average molecular weight is 296 g/mol. The first-order valence-corrected chi connectivity index (χ1v) is 8.13. The lowest BCUT2D eigenvalue weighted by molar-refractivity contribution is 0.865. The summed E-state index contributed by atoms with van der Waals surface area (Å²) in [5, 5.41) is 4.61. The number of nitrogens with one attached hydrogen (secondary N) is 1. The highest BCUT2D eigenvalue weighted by molar-refractivity contribution is 7.18. The molecule has 3 heteroatoms. The van der Waals surface area contributed by atoms with Crippen LogP contribution < -0.4 is 5.32 Å². The minimum Gasteiger partial charge on any atom is -0.381 e. The number of hydrogen-bond acceptors (Lipinski definition) is 3. The minimum absolute atomic E-state index is 0.587. The van der Waals surface area contributed by atoms with Crippen molar-refractivity contribution >= 4 is 27.2 Å². The van der Waals surface area contributed by atoms with E-state index in [0.717, 1.165) is 22.8 Å². The predicted molar refractivity (Wildman–Crippen MR) is 92.2 cm³/mol. The molecule has 0 saturated heterocycles. The van der Waals surface area contributed by atoms with Gasteiger partial charge in [-0.3, -0.25) is 0 Å². The number of thiazole rings is 1. The van der Waals surface area contributed by atoms with Gasteiger partial charge in [-0.25, -0.2) is 4.98 Å². The highest BCUT2D eigenvalue weighted by atomic mass is 32.1. The zero-order valence-corrected chi connectivity index (χ0v) is 13.5. The largest absolute Gasteiger partial charge is 0.381 e. The van der Waals surface area contributed by atoms with Crippen LogP contribution in [-0.2, 0) is 6.54 Å². The van der Waals surface area contributed by atoms with Gasteiger partial charge < -0.3 is 5.32 Å². The van der Waals surface area contributed by atoms with Crippen LogP contribution in [0.5, 0.6) is 0 Å². The third kappa shape index (κ3) is 3.24. The Kier molecular flexibility index (Phi) is 3.93. The van der Waals surface area contributed by atoms with Crippen molar-refractivity contribution in [3.63, 3.8) is 0 Å². The molecule has 3 rings (SSSR count). The standard InChI is InChI=1S/C18H20N2S/c1-12(2)15-6-4-14(5-7-15)11-19-16-8-9-17-18(10-16)21-13(3)20-17/h4-10,12,19H,11H2,1-3H3. The highest BCUT2D eigenvalue weighted by Gasteiger charge is 2.02. The van der Waals surface area contributed by atoms with Gasteiger partial charge in [0, 0.05) is 12.2 Å². The first-order chi connectivity index (χ1) is 10.1. The van der Waals surface area contributed by atoms with Crippen molar-refractivity contribution in [1.82, 2.24) is 4.98 Å². The third-order valence-corrected chi connectivity index (χ3v) is 4.57. The number of hydrogen-bond donors (Lipinski definition) is 1. The lowest BCUT2D eigenvalue weighted by Crippen LogP contribution is -1.99. The molecule has 2 nitrogen and oxygen atoms in total. The van der Waals surface area contributed by atoms with E-state index in [1.54, 1.807) is 11.3 Å². The first-order valence-electron chi connectivity index (χ1n) is 7.32. The maximum atomic E-state index is 4.49. The molecule has 0 atom stereocenters. The summed E-state index contributed by atoms with van der Waals surface area (Å²) in [7, 11) is 0. The Morgan fingerprint density at radius 3 is 2.57 bits per heavy atom. The summed E-state index contributed by atoms with van der Waals surface area (Å²) in [5.74, 6) is 0.587. The Hall–Kier alpha value is -1.87. The lowest BCUT2D eigenvalue weighted by Gasteiger charge is -2.09. The van der Waals surface area contributed by atoms with Crippen molar-refractivity contribution in [3.8, 4) is 0 Å². The number of anilines is 1. The van der Waals surface area contributed by atoms with Crippen LogP contribution in [0, 0.1) is 6.92 Å². The van der Waals surface area contributed by atoms with E-state index in [2.05, 4.69) is 66.6 Å². The van der Waals surface area contributed by atoms with Crippen LogP contribution in [0.15, 0.2) is 42.5 Å². The summed E-state index contributed by atoms with van der Waals surface area (Å²) in [4.78, 5) is 4.49. The number of aromatic nitrogens is 1. The van der Waals surface area contributed by atoms with Crippen LogP contribution in [0.1, 0.15) is 35.9 Å². The van der Waals surface area contributed by atoms with E-state index in [4.69, 9.17) is 0 Å². The smallest absolute Gasteiger partial charge is 0.0907 e. The van der Waals surface area contributed by atoms with Gasteiger partial charge in [0.25, 0.3) is 0 Å². The number of rotatable bonds is 4. The van der Waals surface area contributed by atoms with Crippen LogP contribution >= 0.6 is 11.3 Å². The summed E-state index contributed by atoms with van der Waals surface area (Å²) in [6, 6.07) is 15.2. The van der Waals surface area contributed by atoms with Gasteiger partial charge in [0.1, 0.15) is 0 Å². The normalized spacial score (nSPS) is 11.2. The van der Waals surface area contributed by atoms with E-state index in [0.29, 0.717) is 5.92 Å². The molecular weight excluding hydrogens is 276 g/mol. The highest BCUT2D eigenvalue weighted by Crippen LogP contribution is 2.25. The van der Waals surface area contributed by atoms with E-state index < -0.39 is 0 Å². The van der Waals surface area contributed by atoms with Gasteiger partial charge in [0.2, 0.25) is 0 Å². The Labute approximate surface area is 129 Å². The zero-order valence-electron chi connectivity index (χ0n) is 12.7. The molecule has 0 radical (unpaired) electrons. The maximum absolute atomic E-state index is 4.49. The topological polar surface area (TPSA) is 24.9 Å². The molecule has 0 aliphatic heterocycles. The molecule has 0 amide bonds. The predicted octanol–water partition coefficient (Wildman–Crippen LogP) is 5.34. The first kappa shape index (κ1) is 14.1. The average Bonchev–Trinajstić information content (AvgIpc) is 2.84. The Morgan fingerprint density at radius 2 is 1.86 bits per heavy atom. The molecule has 0 fully saturated rings. The second-order valence-corrected chi connectivity index (χ2v) is 6.90. The monoisotopic (exact) mass is 296 g/mol. The third-order valence-electron chi connectivity index (χ3n) is 3.64. The molecule has 108 valence electrons. The number of fused-ring (bicyclic) bond motifs is 1. The van der Waals surface area contributed by atoms with Gasteiger partial charge >= 0.3 is 0 Å². The molecular formula is C18H20N2S. The van der Waals surface area contributed by atoms with Gasteiger partial charge in [0.05, 0.1) is 15.2 Å². The Balaban J connectivity index is 1.70. The van der Waals surface area contributed by atoms with Gasteiger partial charge in [-0.2, -0.15) is 0 Å². The summed E-state index contributed by atoms with van der Waals surface area (Å²) < 4.78 is 1.24.